The van der Waals surface area contributed by atoms with Crippen molar-refractivity contribution in [2.45, 2.75) is 13.0 Å². The highest BCUT2D eigenvalue weighted by Gasteiger charge is 2.21. The number of ether oxygens (including phenoxy) is 1. The number of alkyl halides is 2. The molecule has 3 nitrogen and oxygen atoms in total. The van der Waals surface area contributed by atoms with E-state index < -0.39 is 37.3 Å². The van der Waals surface area contributed by atoms with Gasteiger partial charge in [0.05, 0.1) is 12.3 Å². The highest BCUT2D eigenvalue weighted by molar-refractivity contribution is 6.08. The van der Waals surface area contributed by atoms with Gasteiger partial charge in [-0.15, -0.1) is 0 Å². The smallest absolute Gasteiger partial charge is 0.170 e. The highest BCUT2D eigenvalue weighted by atomic mass is 19.1. The van der Waals surface area contributed by atoms with Crippen molar-refractivity contribution < 1.29 is 23.1 Å². The van der Waals surface area contributed by atoms with Gasteiger partial charge in [0, 0.05) is 5.56 Å². The summed E-state index contributed by atoms with van der Waals surface area (Å²) in [6.45, 7) is -1.77. The van der Waals surface area contributed by atoms with Gasteiger partial charge in [-0.25, -0.2) is 0 Å². The lowest BCUT2D eigenvalue weighted by atomic mass is 9.99. The van der Waals surface area contributed by atoms with Crippen molar-refractivity contribution in [3.8, 4) is 5.75 Å². The van der Waals surface area contributed by atoms with E-state index in [0.717, 1.165) is 5.56 Å². The molecule has 0 fully saturated rings. The molecule has 0 unspecified atom stereocenters. The molecule has 126 valence electrons. The summed E-state index contributed by atoms with van der Waals surface area (Å²) in [4.78, 5) is 23.6. The van der Waals surface area contributed by atoms with Gasteiger partial charge in [0.1, 0.15) is 31.5 Å². The first kappa shape index (κ1) is 17.8. The van der Waals surface area contributed by atoms with Crippen molar-refractivity contribution in [1.29, 1.82) is 0 Å². The van der Waals surface area contributed by atoms with E-state index in [0.29, 0.717) is 17.9 Å². The van der Waals surface area contributed by atoms with Gasteiger partial charge >= 0.3 is 0 Å². The Morgan fingerprint density at radius 3 is 2.12 bits per heavy atom. The molecule has 0 saturated carbocycles. The summed E-state index contributed by atoms with van der Waals surface area (Å²) in [7, 11) is 0. The fourth-order valence-corrected chi connectivity index (χ4v) is 2.10. The van der Waals surface area contributed by atoms with Crippen LogP contribution in [-0.4, -0.2) is 24.9 Å². The molecule has 0 N–H and O–H groups in total. The second kappa shape index (κ2) is 8.91. The van der Waals surface area contributed by atoms with Crippen molar-refractivity contribution in [3.63, 3.8) is 0 Å². The Morgan fingerprint density at radius 2 is 1.54 bits per heavy atom. The summed E-state index contributed by atoms with van der Waals surface area (Å²) >= 11 is 0. The van der Waals surface area contributed by atoms with Crippen LogP contribution in [0.3, 0.4) is 0 Å². The molecule has 2 rings (SSSR count). The Hall–Kier alpha value is -2.56. The van der Waals surface area contributed by atoms with Crippen LogP contribution < -0.4 is 4.74 Å². The predicted molar refractivity (Wildman–Crippen MR) is 86.6 cm³/mol. The van der Waals surface area contributed by atoms with Crippen molar-refractivity contribution in [1.82, 2.24) is 0 Å². The number of rotatable bonds is 9. The summed E-state index contributed by atoms with van der Waals surface area (Å²) in [6.07, 6.45) is -0.497. The van der Waals surface area contributed by atoms with Gasteiger partial charge in [-0.2, -0.15) is 0 Å². The van der Waals surface area contributed by atoms with E-state index in [2.05, 4.69) is 0 Å². The van der Waals surface area contributed by atoms with E-state index in [-0.39, 0.29) is 0 Å². The van der Waals surface area contributed by atoms with E-state index in [4.69, 9.17) is 4.74 Å². The maximum Gasteiger partial charge on any atom is 0.170 e. The third kappa shape index (κ3) is 4.98. The summed E-state index contributed by atoms with van der Waals surface area (Å²) in [5.74, 6) is -1.93. The van der Waals surface area contributed by atoms with E-state index in [1.54, 1.807) is 12.1 Å². The van der Waals surface area contributed by atoms with Crippen molar-refractivity contribution in [2.24, 2.45) is 5.92 Å². The van der Waals surface area contributed by atoms with Gasteiger partial charge in [-0.1, -0.05) is 30.3 Å². The number of hydrogen-bond donors (Lipinski definition) is 0. The fourth-order valence-electron chi connectivity index (χ4n) is 2.10. The molecule has 0 bridgehead atoms. The third-order valence-electron chi connectivity index (χ3n) is 3.59. The van der Waals surface area contributed by atoms with Gasteiger partial charge in [0.2, 0.25) is 0 Å². The van der Waals surface area contributed by atoms with Gasteiger partial charge in [-0.05, 0) is 29.8 Å². The van der Waals surface area contributed by atoms with Crippen LogP contribution in [-0.2, 0) is 11.4 Å². The number of ketones is 2. The summed E-state index contributed by atoms with van der Waals surface area (Å²) < 4.78 is 30.5. The van der Waals surface area contributed by atoms with Crippen molar-refractivity contribution >= 4 is 11.6 Å². The number of Topliss-reactive ketones (excluding diaryl/α,β-unsaturated/α-hetero) is 2. The summed E-state index contributed by atoms with van der Waals surface area (Å²) in [6, 6.07) is 16.0. The molecule has 0 aromatic heterocycles. The molecule has 24 heavy (non-hydrogen) atoms. The van der Waals surface area contributed by atoms with E-state index in [1.165, 1.54) is 12.1 Å². The first-order valence-corrected chi connectivity index (χ1v) is 7.58. The van der Waals surface area contributed by atoms with Crippen LogP contribution in [0, 0.1) is 5.92 Å². The van der Waals surface area contributed by atoms with Crippen molar-refractivity contribution in [3.05, 3.63) is 65.7 Å². The molecule has 0 aliphatic carbocycles. The fraction of sp³-hybridized carbons (Fsp3) is 0.263. The minimum absolute atomic E-state index is 0.312. The third-order valence-corrected chi connectivity index (χ3v) is 3.59. The zero-order chi connectivity index (χ0) is 17.4. The highest BCUT2D eigenvalue weighted by Crippen LogP contribution is 2.16. The standard InChI is InChI=1S/C19H18F2O3/c20-11-16(12-21)19(23)10-18(22)15-6-8-17(9-7-15)24-13-14-4-2-1-3-5-14/h1-9,16H,10-13H2. The molecule has 0 atom stereocenters. The first-order chi connectivity index (χ1) is 11.6. The zero-order valence-electron chi connectivity index (χ0n) is 13.1. The lowest BCUT2D eigenvalue weighted by Crippen LogP contribution is -2.21. The number of carbonyl (C=O) groups excluding carboxylic acids is 2. The molecular formula is C19H18F2O3. The van der Waals surface area contributed by atoms with Crippen LogP contribution in [0.4, 0.5) is 8.78 Å². The Labute approximate surface area is 139 Å². The van der Waals surface area contributed by atoms with Gasteiger partial charge < -0.3 is 4.74 Å². The molecule has 2 aromatic carbocycles. The zero-order valence-corrected chi connectivity index (χ0v) is 13.1. The Bertz CT molecular complexity index is 665. The average Bonchev–Trinajstić information content (AvgIpc) is 2.62. The molecular weight excluding hydrogens is 314 g/mol. The molecule has 0 spiro atoms. The molecule has 0 aliphatic heterocycles. The molecule has 0 heterocycles. The molecule has 2 aromatic rings. The minimum atomic E-state index is -1.34. The number of carbonyl (C=O) groups is 2. The predicted octanol–water partition coefficient (Wildman–Crippen LogP) is 3.96. The number of benzene rings is 2. The average molecular weight is 332 g/mol. The SMILES string of the molecule is O=C(CC(=O)C(CF)CF)c1ccc(OCc2ccccc2)cc1. The van der Waals surface area contributed by atoms with Gasteiger partial charge in [-0.3, -0.25) is 18.4 Å². The maximum absolute atomic E-state index is 12.5. The molecule has 0 radical (unpaired) electrons. The summed E-state index contributed by atoms with van der Waals surface area (Å²) in [5.41, 5.74) is 1.33. The second-order valence-corrected chi connectivity index (χ2v) is 5.37. The molecule has 5 heteroatoms. The lowest BCUT2D eigenvalue weighted by molar-refractivity contribution is -0.122. The molecule has 0 aliphatic rings. The van der Waals surface area contributed by atoms with Crippen LogP contribution in [0.25, 0.3) is 0 Å². The van der Waals surface area contributed by atoms with Crippen LogP contribution >= 0.6 is 0 Å². The lowest BCUT2D eigenvalue weighted by Gasteiger charge is -2.08. The van der Waals surface area contributed by atoms with Crippen LogP contribution in [0.5, 0.6) is 5.75 Å². The van der Waals surface area contributed by atoms with Crippen LogP contribution in [0.1, 0.15) is 22.3 Å². The second-order valence-electron chi connectivity index (χ2n) is 5.37. The largest absolute Gasteiger partial charge is 0.489 e. The molecule has 0 amide bonds. The first-order valence-electron chi connectivity index (χ1n) is 7.58. The van der Waals surface area contributed by atoms with Crippen LogP contribution in [0.2, 0.25) is 0 Å². The minimum Gasteiger partial charge on any atom is -0.489 e. The molecule has 0 saturated heterocycles. The monoisotopic (exact) mass is 332 g/mol. The number of halogens is 2. The van der Waals surface area contributed by atoms with Gasteiger partial charge in [0.25, 0.3) is 0 Å². The Kier molecular flexibility index (Phi) is 6.61. The topological polar surface area (TPSA) is 43.4 Å². The van der Waals surface area contributed by atoms with E-state index >= 15 is 0 Å². The van der Waals surface area contributed by atoms with E-state index in [1.807, 2.05) is 30.3 Å². The number of hydrogen-bond acceptors (Lipinski definition) is 3. The normalized spacial score (nSPS) is 10.6. The Morgan fingerprint density at radius 1 is 0.917 bits per heavy atom. The van der Waals surface area contributed by atoms with Crippen LogP contribution in [0.15, 0.2) is 54.6 Å². The summed E-state index contributed by atoms with van der Waals surface area (Å²) in [5, 5.41) is 0. The van der Waals surface area contributed by atoms with Crippen molar-refractivity contribution in [2.75, 3.05) is 13.3 Å². The van der Waals surface area contributed by atoms with E-state index in [9.17, 15) is 18.4 Å². The quantitative estimate of drug-likeness (QED) is 0.516. The maximum atomic E-state index is 12.5. The van der Waals surface area contributed by atoms with Gasteiger partial charge in [0.15, 0.2) is 5.78 Å². The Balaban J connectivity index is 1.91.